The fourth-order valence-electron chi connectivity index (χ4n) is 1.24. The van der Waals surface area contributed by atoms with Crippen molar-refractivity contribution in [2.45, 2.75) is 38.1 Å². The van der Waals surface area contributed by atoms with Gasteiger partial charge in [0, 0.05) is 26.2 Å². The second-order valence-electron chi connectivity index (χ2n) is 3.09. The van der Waals surface area contributed by atoms with Crippen LogP contribution in [-0.4, -0.2) is 19.8 Å². The molecule has 0 bridgehead atoms. The normalized spacial score (nSPS) is 12.4. The van der Waals surface area contributed by atoms with Crippen LogP contribution in [0.15, 0.2) is 0 Å². The number of hydrogen-bond acceptors (Lipinski definition) is 3. The maximum absolute atomic E-state index is 5.39. The molecule has 0 aromatic carbocycles. The van der Waals surface area contributed by atoms with Gasteiger partial charge in [-0.1, -0.05) is 0 Å². The second kappa shape index (κ2) is 9.53. The average Bonchev–Trinajstić information content (AvgIpc) is 2.16. The number of terminal acetylenes is 1. The van der Waals surface area contributed by atoms with Crippen LogP contribution >= 0.6 is 0 Å². The maximum Gasteiger partial charge on any atom is 0.0462 e. The Hall–Kier alpha value is -0.560. The lowest BCUT2D eigenvalue weighted by atomic mass is 10.1. The minimum Gasteiger partial charge on any atom is -0.385 e. The molecular weight excluding hydrogens is 164 g/mol. The minimum absolute atomic E-state index is 0.378. The van der Waals surface area contributed by atoms with E-state index in [0.29, 0.717) is 6.04 Å². The molecule has 0 aromatic heterocycles. The quantitative estimate of drug-likeness (QED) is 0.256. The summed E-state index contributed by atoms with van der Waals surface area (Å²) in [5.74, 6) is 8.02. The number of unbranched alkanes of at least 4 members (excludes halogenated alkanes) is 1. The van der Waals surface area contributed by atoms with Crippen molar-refractivity contribution in [3.63, 3.8) is 0 Å². The van der Waals surface area contributed by atoms with Crippen LogP contribution in [0.3, 0.4) is 0 Å². The van der Waals surface area contributed by atoms with Crippen LogP contribution in [0.5, 0.6) is 0 Å². The molecule has 0 amide bonds. The van der Waals surface area contributed by atoms with Gasteiger partial charge in [0.25, 0.3) is 0 Å². The van der Waals surface area contributed by atoms with Gasteiger partial charge in [-0.2, -0.15) is 0 Å². The molecule has 0 radical (unpaired) electrons. The largest absolute Gasteiger partial charge is 0.385 e. The van der Waals surface area contributed by atoms with Crippen LogP contribution in [0, 0.1) is 12.3 Å². The van der Waals surface area contributed by atoms with E-state index in [1.807, 2.05) is 0 Å². The number of nitrogens with one attached hydrogen (secondary N) is 1. The van der Waals surface area contributed by atoms with Crippen molar-refractivity contribution in [1.29, 1.82) is 0 Å². The Morgan fingerprint density at radius 3 is 2.69 bits per heavy atom. The molecule has 0 aliphatic carbocycles. The summed E-state index contributed by atoms with van der Waals surface area (Å²) in [7, 11) is 1.71. The summed E-state index contributed by atoms with van der Waals surface area (Å²) >= 11 is 0. The summed E-state index contributed by atoms with van der Waals surface area (Å²) in [6.07, 6.45) is 10.2. The minimum atomic E-state index is 0.378. The van der Waals surface area contributed by atoms with Gasteiger partial charge in [-0.15, -0.1) is 12.3 Å². The van der Waals surface area contributed by atoms with Crippen LogP contribution in [0.4, 0.5) is 0 Å². The molecular formula is C10H20N2O. The molecule has 13 heavy (non-hydrogen) atoms. The number of rotatable bonds is 8. The maximum atomic E-state index is 5.39. The Morgan fingerprint density at radius 2 is 2.15 bits per heavy atom. The zero-order chi connectivity index (χ0) is 9.94. The molecule has 3 nitrogen and oxygen atoms in total. The number of hydrazine groups is 1. The van der Waals surface area contributed by atoms with E-state index >= 15 is 0 Å². The molecule has 76 valence electrons. The number of hydrogen-bond donors (Lipinski definition) is 2. The highest BCUT2D eigenvalue weighted by Gasteiger charge is 2.04. The Labute approximate surface area is 81.0 Å². The highest BCUT2D eigenvalue weighted by Crippen LogP contribution is 2.05. The average molecular weight is 184 g/mol. The van der Waals surface area contributed by atoms with Crippen molar-refractivity contribution in [2.75, 3.05) is 13.7 Å². The molecule has 0 aliphatic rings. The van der Waals surface area contributed by atoms with E-state index in [1.165, 1.54) is 0 Å². The molecule has 0 spiro atoms. The zero-order valence-corrected chi connectivity index (χ0v) is 8.38. The Bertz CT molecular complexity index is 142. The van der Waals surface area contributed by atoms with Crippen molar-refractivity contribution in [2.24, 2.45) is 5.84 Å². The molecule has 3 N–H and O–H groups in total. The van der Waals surface area contributed by atoms with Gasteiger partial charge in [-0.3, -0.25) is 11.3 Å². The zero-order valence-electron chi connectivity index (χ0n) is 8.38. The molecule has 1 atom stereocenters. The monoisotopic (exact) mass is 184 g/mol. The SMILES string of the molecule is C#CCCCC(CCCOC)NN. The van der Waals surface area contributed by atoms with E-state index in [9.17, 15) is 0 Å². The van der Waals surface area contributed by atoms with Crippen LogP contribution in [0.2, 0.25) is 0 Å². The molecule has 0 rings (SSSR count). The van der Waals surface area contributed by atoms with Gasteiger partial charge in [0.15, 0.2) is 0 Å². The van der Waals surface area contributed by atoms with Gasteiger partial charge < -0.3 is 4.74 Å². The highest BCUT2D eigenvalue weighted by molar-refractivity contribution is 4.83. The highest BCUT2D eigenvalue weighted by atomic mass is 16.5. The molecule has 0 saturated heterocycles. The van der Waals surface area contributed by atoms with Gasteiger partial charge in [0.1, 0.15) is 0 Å². The van der Waals surface area contributed by atoms with E-state index < -0.39 is 0 Å². The summed E-state index contributed by atoms with van der Waals surface area (Å²) < 4.78 is 4.96. The summed E-state index contributed by atoms with van der Waals surface area (Å²) in [6.45, 7) is 0.799. The van der Waals surface area contributed by atoms with E-state index in [-0.39, 0.29) is 0 Å². The Morgan fingerprint density at radius 1 is 1.46 bits per heavy atom. The van der Waals surface area contributed by atoms with Crippen molar-refractivity contribution >= 4 is 0 Å². The first-order valence-electron chi connectivity index (χ1n) is 4.73. The van der Waals surface area contributed by atoms with Crippen molar-refractivity contribution < 1.29 is 4.74 Å². The first-order valence-corrected chi connectivity index (χ1v) is 4.73. The lowest BCUT2D eigenvalue weighted by Crippen LogP contribution is -2.35. The van der Waals surface area contributed by atoms with Gasteiger partial charge in [-0.05, 0) is 25.7 Å². The third-order valence-electron chi connectivity index (χ3n) is 2.01. The van der Waals surface area contributed by atoms with Crippen LogP contribution in [-0.2, 0) is 4.74 Å². The number of nitrogens with two attached hydrogens (primary N) is 1. The molecule has 0 saturated carbocycles. The van der Waals surface area contributed by atoms with Crippen LogP contribution in [0.1, 0.15) is 32.1 Å². The number of methoxy groups -OCH3 is 1. The lowest BCUT2D eigenvalue weighted by Gasteiger charge is -2.14. The Kier molecular flexibility index (Phi) is 9.12. The van der Waals surface area contributed by atoms with Crippen LogP contribution in [0.25, 0.3) is 0 Å². The fraction of sp³-hybridized carbons (Fsp3) is 0.800. The van der Waals surface area contributed by atoms with E-state index in [1.54, 1.807) is 7.11 Å². The fourth-order valence-corrected chi connectivity index (χ4v) is 1.24. The van der Waals surface area contributed by atoms with Crippen molar-refractivity contribution in [3.8, 4) is 12.3 Å². The molecule has 0 aromatic rings. The Balaban J connectivity index is 3.35. The second-order valence-corrected chi connectivity index (χ2v) is 3.09. The first kappa shape index (κ1) is 12.4. The van der Waals surface area contributed by atoms with Gasteiger partial charge in [0.05, 0.1) is 0 Å². The summed E-state index contributed by atoms with van der Waals surface area (Å²) in [5.41, 5.74) is 2.80. The summed E-state index contributed by atoms with van der Waals surface area (Å²) in [5, 5.41) is 0. The standard InChI is InChI=1S/C10H20N2O/c1-3-4-5-7-10(12-11)8-6-9-13-2/h1,10,12H,4-9,11H2,2H3. The topological polar surface area (TPSA) is 47.3 Å². The summed E-state index contributed by atoms with van der Waals surface area (Å²) in [6, 6.07) is 0.378. The van der Waals surface area contributed by atoms with E-state index in [4.69, 9.17) is 17.0 Å². The smallest absolute Gasteiger partial charge is 0.0462 e. The molecule has 1 unspecified atom stereocenters. The van der Waals surface area contributed by atoms with Gasteiger partial charge in [0.2, 0.25) is 0 Å². The van der Waals surface area contributed by atoms with Crippen molar-refractivity contribution in [3.05, 3.63) is 0 Å². The molecule has 0 heterocycles. The van der Waals surface area contributed by atoms with Crippen LogP contribution < -0.4 is 11.3 Å². The van der Waals surface area contributed by atoms with Gasteiger partial charge >= 0.3 is 0 Å². The van der Waals surface area contributed by atoms with Crippen molar-refractivity contribution in [1.82, 2.24) is 5.43 Å². The lowest BCUT2D eigenvalue weighted by molar-refractivity contribution is 0.188. The molecule has 0 aliphatic heterocycles. The predicted molar refractivity (Wildman–Crippen MR) is 54.9 cm³/mol. The molecule has 3 heteroatoms. The molecule has 0 fully saturated rings. The third-order valence-corrected chi connectivity index (χ3v) is 2.01. The van der Waals surface area contributed by atoms with Gasteiger partial charge in [-0.25, -0.2) is 0 Å². The first-order chi connectivity index (χ1) is 6.35. The third kappa shape index (κ3) is 7.79. The van der Waals surface area contributed by atoms with E-state index in [0.717, 1.165) is 38.7 Å². The van der Waals surface area contributed by atoms with E-state index in [2.05, 4.69) is 11.3 Å². The predicted octanol–water partition coefficient (Wildman–Crippen LogP) is 1.05. The number of ether oxygens (including phenoxy) is 1. The summed E-state index contributed by atoms with van der Waals surface area (Å²) in [4.78, 5) is 0.